The normalized spacial score (nSPS) is 11.7. The molecule has 0 radical (unpaired) electrons. The molecule has 3 heterocycles. The Bertz CT molecular complexity index is 1600. The van der Waals surface area contributed by atoms with Gasteiger partial charge in [0.2, 0.25) is 11.7 Å². The maximum Gasteiger partial charge on any atom is 0.391 e. The number of quaternary nitrogens is 1. The van der Waals surface area contributed by atoms with Crippen molar-refractivity contribution in [3.63, 3.8) is 0 Å². The molecule has 0 bridgehead atoms. The molecule has 12 nitrogen and oxygen atoms in total. The van der Waals surface area contributed by atoms with Crippen LogP contribution in [0.4, 0.5) is 23.1 Å². The van der Waals surface area contributed by atoms with E-state index >= 15 is 0 Å². The molecule has 0 aliphatic rings. The standard InChI is InChI=1S/C25H25BrClN9O3/c1-15-31-25(35(38)39)21(34(15)2)13-36(3,4)9-5-6-23(37)33-22-11-17-20(12-28-22)29-14-30-24(17)32-16-7-8-18(26)19(27)10-16/h5-8,10-12,14H,9,13H2,1-4H3,(H-,28,29,30,32,33,37)/p+1/b6-5+. The highest BCUT2D eigenvalue weighted by Crippen LogP contribution is 2.29. The van der Waals surface area contributed by atoms with E-state index in [1.807, 2.05) is 26.2 Å². The fraction of sp³-hybridized carbons (Fsp3) is 0.240. The van der Waals surface area contributed by atoms with Crippen LogP contribution in [-0.2, 0) is 18.4 Å². The van der Waals surface area contributed by atoms with Crippen LogP contribution in [0.5, 0.6) is 0 Å². The first-order valence-electron chi connectivity index (χ1n) is 11.7. The average molecular weight is 616 g/mol. The molecule has 202 valence electrons. The molecule has 14 heteroatoms. The largest absolute Gasteiger partial charge is 0.391 e. The molecular formula is C25H26BrClN9O3+. The Morgan fingerprint density at radius 1 is 1.26 bits per heavy atom. The summed E-state index contributed by atoms with van der Waals surface area (Å²) in [5, 5.41) is 18.6. The highest BCUT2D eigenvalue weighted by atomic mass is 79.9. The second-order valence-electron chi connectivity index (χ2n) is 9.48. The van der Waals surface area contributed by atoms with Crippen molar-refractivity contribution in [1.29, 1.82) is 0 Å². The monoisotopic (exact) mass is 614 g/mol. The summed E-state index contributed by atoms with van der Waals surface area (Å²) >= 11 is 9.58. The summed E-state index contributed by atoms with van der Waals surface area (Å²) in [6, 6.07) is 7.13. The number of rotatable bonds is 9. The number of anilines is 3. The topological polar surface area (TPSA) is 141 Å². The van der Waals surface area contributed by atoms with Crippen molar-refractivity contribution < 1.29 is 14.2 Å². The summed E-state index contributed by atoms with van der Waals surface area (Å²) in [4.78, 5) is 40.5. The van der Waals surface area contributed by atoms with Gasteiger partial charge in [-0.25, -0.2) is 15.0 Å². The molecule has 39 heavy (non-hydrogen) atoms. The van der Waals surface area contributed by atoms with Gasteiger partial charge in [0.25, 0.3) is 0 Å². The van der Waals surface area contributed by atoms with Crippen molar-refractivity contribution in [2.75, 3.05) is 31.3 Å². The minimum absolute atomic E-state index is 0.147. The van der Waals surface area contributed by atoms with Gasteiger partial charge in [-0.15, -0.1) is 0 Å². The Balaban J connectivity index is 1.44. The number of nitrogens with one attached hydrogen (secondary N) is 2. The molecule has 3 aromatic heterocycles. The van der Waals surface area contributed by atoms with Crippen molar-refractivity contribution in [2.24, 2.45) is 7.05 Å². The van der Waals surface area contributed by atoms with Gasteiger partial charge < -0.3 is 29.8 Å². The third-order valence-corrected chi connectivity index (χ3v) is 7.22. The molecule has 0 aliphatic carbocycles. The predicted octanol–water partition coefficient (Wildman–Crippen LogP) is 4.91. The first kappa shape index (κ1) is 28.1. The molecule has 1 amide bonds. The number of likely N-dealkylation sites (N-methyl/N-ethyl adjacent to an activating group) is 1. The van der Waals surface area contributed by atoms with Crippen molar-refractivity contribution in [2.45, 2.75) is 13.5 Å². The maximum atomic E-state index is 12.6. The molecule has 0 unspecified atom stereocenters. The van der Waals surface area contributed by atoms with Gasteiger partial charge in [-0.3, -0.25) is 4.79 Å². The second-order valence-corrected chi connectivity index (χ2v) is 10.7. The Kier molecular flexibility index (Phi) is 8.23. The maximum absolute atomic E-state index is 12.6. The smallest absolute Gasteiger partial charge is 0.358 e. The molecule has 0 aliphatic heterocycles. The summed E-state index contributed by atoms with van der Waals surface area (Å²) in [6.45, 7) is 2.55. The van der Waals surface area contributed by atoms with Gasteiger partial charge in [-0.05, 0) is 56.2 Å². The van der Waals surface area contributed by atoms with E-state index in [-0.39, 0.29) is 11.7 Å². The van der Waals surface area contributed by atoms with Gasteiger partial charge in [0, 0.05) is 35.6 Å². The molecule has 0 atom stereocenters. The van der Waals surface area contributed by atoms with Crippen molar-refractivity contribution >= 4 is 67.5 Å². The van der Waals surface area contributed by atoms with E-state index in [4.69, 9.17) is 11.6 Å². The zero-order valence-corrected chi connectivity index (χ0v) is 24.0. The molecule has 0 saturated carbocycles. The summed E-state index contributed by atoms with van der Waals surface area (Å²) < 4.78 is 2.88. The quantitative estimate of drug-likeness (QED) is 0.117. The first-order valence-corrected chi connectivity index (χ1v) is 12.9. The van der Waals surface area contributed by atoms with Gasteiger partial charge in [-0.2, -0.15) is 0 Å². The Morgan fingerprint density at radius 2 is 2.03 bits per heavy atom. The van der Waals surface area contributed by atoms with E-state index in [0.29, 0.717) is 56.7 Å². The molecular weight excluding hydrogens is 590 g/mol. The van der Waals surface area contributed by atoms with Crippen molar-refractivity contribution in [3.05, 3.63) is 80.1 Å². The number of nitrogens with zero attached hydrogens (tertiary/aromatic N) is 7. The SMILES string of the molecule is Cc1nc([N+](=O)[O-])c(C[N+](C)(C)C/C=C/C(=O)Nc2cc3c(Nc4ccc(Br)c(Cl)c4)ncnc3cn2)n1C. The van der Waals surface area contributed by atoms with Crippen LogP contribution >= 0.6 is 27.5 Å². The highest BCUT2D eigenvalue weighted by molar-refractivity contribution is 9.10. The molecule has 4 aromatic rings. The van der Waals surface area contributed by atoms with Crippen LogP contribution in [0, 0.1) is 17.0 Å². The van der Waals surface area contributed by atoms with E-state index in [0.717, 1.165) is 10.2 Å². The van der Waals surface area contributed by atoms with Crippen LogP contribution in [-0.4, -0.2) is 60.5 Å². The van der Waals surface area contributed by atoms with E-state index < -0.39 is 4.92 Å². The van der Waals surface area contributed by atoms with Crippen LogP contribution in [0.15, 0.2) is 53.4 Å². The highest BCUT2D eigenvalue weighted by Gasteiger charge is 2.29. The third-order valence-electron chi connectivity index (χ3n) is 5.99. The number of halogens is 2. The van der Waals surface area contributed by atoms with Gasteiger partial charge in [-0.1, -0.05) is 11.6 Å². The summed E-state index contributed by atoms with van der Waals surface area (Å²) in [6.07, 6.45) is 6.12. The number of carbonyl (C=O) groups is 1. The first-order chi connectivity index (χ1) is 18.4. The van der Waals surface area contributed by atoms with Gasteiger partial charge in [0.05, 0.1) is 37.4 Å². The zero-order chi connectivity index (χ0) is 28.3. The minimum Gasteiger partial charge on any atom is -0.358 e. The van der Waals surface area contributed by atoms with Crippen molar-refractivity contribution in [3.8, 4) is 0 Å². The van der Waals surface area contributed by atoms with Crippen LogP contribution in [0.25, 0.3) is 10.9 Å². The summed E-state index contributed by atoms with van der Waals surface area (Å²) in [5.74, 6) is 0.921. The molecule has 0 fully saturated rings. The number of aromatic nitrogens is 5. The van der Waals surface area contributed by atoms with E-state index in [2.05, 4.69) is 46.5 Å². The minimum atomic E-state index is -0.470. The second kappa shape index (κ2) is 11.4. The zero-order valence-electron chi connectivity index (χ0n) is 21.6. The molecule has 1 aromatic carbocycles. The lowest BCUT2D eigenvalue weighted by Crippen LogP contribution is -2.39. The number of imidazole rings is 1. The Labute approximate surface area is 237 Å². The number of aryl methyl sites for hydroxylation is 1. The number of amides is 1. The number of benzene rings is 1. The number of hydrogen-bond donors (Lipinski definition) is 2. The van der Waals surface area contributed by atoms with E-state index in [9.17, 15) is 14.9 Å². The third kappa shape index (κ3) is 6.74. The number of nitro groups is 1. The lowest BCUT2D eigenvalue weighted by Gasteiger charge is -2.28. The van der Waals surface area contributed by atoms with Gasteiger partial charge >= 0.3 is 5.82 Å². The fourth-order valence-electron chi connectivity index (χ4n) is 3.88. The summed E-state index contributed by atoms with van der Waals surface area (Å²) in [7, 11) is 5.60. The molecule has 0 spiro atoms. The number of carbonyl (C=O) groups excluding carboxylic acids is 1. The van der Waals surface area contributed by atoms with E-state index in [1.165, 1.54) is 12.4 Å². The van der Waals surface area contributed by atoms with Crippen LogP contribution < -0.4 is 10.6 Å². The van der Waals surface area contributed by atoms with Gasteiger partial charge in [0.1, 0.15) is 24.5 Å². The molecule has 4 rings (SSSR count). The molecule has 0 saturated heterocycles. The Morgan fingerprint density at radius 3 is 2.74 bits per heavy atom. The number of pyridine rings is 1. The van der Waals surface area contributed by atoms with Gasteiger partial charge in [0.15, 0.2) is 5.69 Å². The summed E-state index contributed by atoms with van der Waals surface area (Å²) in [5.41, 5.74) is 1.86. The lowest BCUT2D eigenvalue weighted by molar-refractivity contribution is -0.898. The van der Waals surface area contributed by atoms with E-state index in [1.54, 1.807) is 42.9 Å². The average Bonchev–Trinajstić information content (AvgIpc) is 3.14. The van der Waals surface area contributed by atoms with Crippen molar-refractivity contribution in [1.82, 2.24) is 24.5 Å². The lowest BCUT2D eigenvalue weighted by atomic mass is 10.2. The van der Waals surface area contributed by atoms with Crippen LogP contribution in [0.1, 0.15) is 11.5 Å². The molecule has 2 N–H and O–H groups in total. The fourth-order valence-corrected chi connectivity index (χ4v) is 4.31. The number of hydrogen-bond acceptors (Lipinski definition) is 8. The van der Waals surface area contributed by atoms with Crippen LogP contribution in [0.3, 0.4) is 0 Å². The number of fused-ring (bicyclic) bond motifs is 1. The van der Waals surface area contributed by atoms with Crippen LogP contribution in [0.2, 0.25) is 5.02 Å². The predicted molar refractivity (Wildman–Crippen MR) is 153 cm³/mol. The Hall–Kier alpha value is -3.94.